The molecule has 0 bridgehead atoms. The minimum atomic E-state index is -0.0816. The molecule has 1 aromatic carbocycles. The summed E-state index contributed by atoms with van der Waals surface area (Å²) in [6, 6.07) is 7.53. The van der Waals surface area contributed by atoms with E-state index in [-0.39, 0.29) is 5.91 Å². The maximum absolute atomic E-state index is 13.1. The van der Waals surface area contributed by atoms with Crippen LogP contribution in [0.3, 0.4) is 0 Å². The van der Waals surface area contributed by atoms with Gasteiger partial charge in [0.15, 0.2) is 5.82 Å². The zero-order valence-electron chi connectivity index (χ0n) is 14.5. The number of amides is 1. The lowest BCUT2D eigenvalue weighted by molar-refractivity contribution is -0.125. The van der Waals surface area contributed by atoms with Crippen LogP contribution < -0.4 is 10.1 Å². The summed E-state index contributed by atoms with van der Waals surface area (Å²) in [4.78, 5) is 15.0. The molecule has 0 aliphatic carbocycles. The van der Waals surface area contributed by atoms with Crippen molar-refractivity contribution in [1.29, 1.82) is 0 Å². The molecule has 0 atom stereocenters. The number of carbonyl (C=O) groups is 1. The second-order valence-electron chi connectivity index (χ2n) is 5.84. The predicted molar refractivity (Wildman–Crippen MR) is 93.8 cm³/mol. The van der Waals surface area contributed by atoms with Crippen molar-refractivity contribution in [2.24, 2.45) is 0 Å². The summed E-state index contributed by atoms with van der Waals surface area (Å²) < 4.78 is 6.75. The number of rotatable bonds is 4. The molecule has 2 aromatic rings. The van der Waals surface area contributed by atoms with Crippen molar-refractivity contribution in [3.8, 4) is 5.75 Å². The third kappa shape index (κ3) is 4.03. The van der Waals surface area contributed by atoms with Crippen LogP contribution in [0.4, 0.5) is 0 Å². The van der Waals surface area contributed by atoms with E-state index < -0.39 is 0 Å². The maximum atomic E-state index is 13.1. The van der Waals surface area contributed by atoms with Crippen molar-refractivity contribution in [3.63, 3.8) is 0 Å². The number of aromatic nitrogens is 4. The van der Waals surface area contributed by atoms with E-state index in [9.17, 15) is 4.79 Å². The SMILES string of the molecule is COc1cccc(C=C(C(=O)N2CCCNCC2)n2nnnc2C)c1. The molecule has 25 heavy (non-hydrogen) atoms. The number of ether oxygens (including phenoxy) is 1. The smallest absolute Gasteiger partial charge is 0.272 e. The second kappa shape index (κ2) is 7.89. The summed E-state index contributed by atoms with van der Waals surface area (Å²) in [6.45, 7) is 4.85. The number of carbonyl (C=O) groups excluding carboxylic acids is 1. The van der Waals surface area contributed by atoms with Crippen molar-refractivity contribution in [2.75, 3.05) is 33.3 Å². The van der Waals surface area contributed by atoms with E-state index in [4.69, 9.17) is 4.74 Å². The molecular weight excluding hydrogens is 320 g/mol. The highest BCUT2D eigenvalue weighted by Gasteiger charge is 2.23. The number of benzene rings is 1. The molecule has 3 rings (SSSR count). The molecule has 2 heterocycles. The van der Waals surface area contributed by atoms with Crippen molar-refractivity contribution in [1.82, 2.24) is 30.4 Å². The summed E-state index contributed by atoms with van der Waals surface area (Å²) >= 11 is 0. The fourth-order valence-corrected chi connectivity index (χ4v) is 2.77. The van der Waals surface area contributed by atoms with Crippen molar-refractivity contribution in [3.05, 3.63) is 35.7 Å². The van der Waals surface area contributed by atoms with E-state index >= 15 is 0 Å². The highest BCUT2D eigenvalue weighted by atomic mass is 16.5. The first-order chi connectivity index (χ1) is 12.2. The Labute approximate surface area is 146 Å². The van der Waals surface area contributed by atoms with Gasteiger partial charge in [-0.25, -0.2) is 0 Å². The minimum absolute atomic E-state index is 0.0816. The van der Waals surface area contributed by atoms with Crippen LogP contribution in [-0.2, 0) is 4.79 Å². The summed E-state index contributed by atoms with van der Waals surface area (Å²) in [7, 11) is 1.62. The zero-order chi connectivity index (χ0) is 17.6. The molecule has 1 aliphatic rings. The molecule has 1 aliphatic heterocycles. The van der Waals surface area contributed by atoms with Crippen LogP contribution in [0.25, 0.3) is 11.8 Å². The summed E-state index contributed by atoms with van der Waals surface area (Å²) in [6.07, 6.45) is 2.72. The van der Waals surface area contributed by atoms with Gasteiger partial charge in [-0.3, -0.25) is 4.79 Å². The van der Waals surface area contributed by atoms with Crippen molar-refractivity contribution < 1.29 is 9.53 Å². The van der Waals surface area contributed by atoms with Gasteiger partial charge in [0.1, 0.15) is 11.4 Å². The van der Waals surface area contributed by atoms with Gasteiger partial charge in [0.25, 0.3) is 5.91 Å². The first kappa shape index (κ1) is 17.1. The number of hydrogen-bond acceptors (Lipinski definition) is 6. The van der Waals surface area contributed by atoms with Gasteiger partial charge in [0, 0.05) is 19.6 Å². The zero-order valence-corrected chi connectivity index (χ0v) is 14.5. The molecular formula is C17H22N6O2. The maximum Gasteiger partial charge on any atom is 0.272 e. The third-order valence-corrected chi connectivity index (χ3v) is 4.10. The van der Waals surface area contributed by atoms with Gasteiger partial charge < -0.3 is 15.0 Å². The molecule has 1 aromatic heterocycles. The molecule has 1 fully saturated rings. The van der Waals surface area contributed by atoms with Gasteiger partial charge in [-0.15, -0.1) is 5.10 Å². The second-order valence-corrected chi connectivity index (χ2v) is 5.84. The first-order valence-corrected chi connectivity index (χ1v) is 8.30. The Morgan fingerprint density at radius 2 is 2.20 bits per heavy atom. The van der Waals surface area contributed by atoms with Gasteiger partial charge in [0.05, 0.1) is 7.11 Å². The van der Waals surface area contributed by atoms with E-state index in [2.05, 4.69) is 20.8 Å². The molecule has 0 saturated carbocycles. The van der Waals surface area contributed by atoms with Crippen LogP contribution in [0, 0.1) is 6.92 Å². The number of hydrogen-bond donors (Lipinski definition) is 1. The number of aryl methyl sites for hydroxylation is 1. The topological polar surface area (TPSA) is 85.2 Å². The molecule has 132 valence electrons. The molecule has 0 radical (unpaired) electrons. The first-order valence-electron chi connectivity index (χ1n) is 8.30. The molecule has 0 unspecified atom stereocenters. The van der Waals surface area contributed by atoms with E-state index in [1.807, 2.05) is 29.2 Å². The van der Waals surface area contributed by atoms with Crippen molar-refractivity contribution >= 4 is 17.7 Å². The lowest BCUT2D eigenvalue weighted by atomic mass is 10.1. The minimum Gasteiger partial charge on any atom is -0.497 e. The molecule has 0 spiro atoms. The van der Waals surface area contributed by atoms with Gasteiger partial charge in [-0.2, -0.15) is 4.68 Å². The fraction of sp³-hybridized carbons (Fsp3) is 0.412. The van der Waals surface area contributed by atoms with Gasteiger partial charge in [0.2, 0.25) is 0 Å². The summed E-state index contributed by atoms with van der Waals surface area (Å²) in [5.74, 6) is 1.21. The van der Waals surface area contributed by atoms with Crippen LogP contribution >= 0.6 is 0 Å². The van der Waals surface area contributed by atoms with Crippen LogP contribution in [-0.4, -0.2) is 64.3 Å². The highest BCUT2D eigenvalue weighted by Crippen LogP contribution is 2.19. The Kier molecular flexibility index (Phi) is 5.39. The predicted octanol–water partition coefficient (Wildman–Crippen LogP) is 0.810. The van der Waals surface area contributed by atoms with E-state index in [1.54, 1.807) is 20.1 Å². The normalized spacial score (nSPS) is 15.8. The summed E-state index contributed by atoms with van der Waals surface area (Å²) in [5, 5.41) is 14.9. The van der Waals surface area contributed by atoms with Gasteiger partial charge >= 0.3 is 0 Å². The van der Waals surface area contributed by atoms with Crippen LogP contribution in [0.15, 0.2) is 24.3 Å². The third-order valence-electron chi connectivity index (χ3n) is 4.10. The molecule has 8 heteroatoms. The van der Waals surface area contributed by atoms with E-state index in [1.165, 1.54) is 4.68 Å². The fourth-order valence-electron chi connectivity index (χ4n) is 2.77. The molecule has 1 amide bonds. The number of nitrogens with zero attached hydrogens (tertiary/aromatic N) is 5. The van der Waals surface area contributed by atoms with Gasteiger partial charge in [-0.1, -0.05) is 12.1 Å². The number of nitrogens with one attached hydrogen (secondary N) is 1. The van der Waals surface area contributed by atoms with Crippen LogP contribution in [0.5, 0.6) is 5.75 Å². The van der Waals surface area contributed by atoms with Crippen LogP contribution in [0.1, 0.15) is 17.8 Å². The lowest BCUT2D eigenvalue weighted by Crippen LogP contribution is -2.36. The number of tetrazole rings is 1. The van der Waals surface area contributed by atoms with E-state index in [0.29, 0.717) is 24.6 Å². The lowest BCUT2D eigenvalue weighted by Gasteiger charge is -2.21. The summed E-state index contributed by atoms with van der Waals surface area (Å²) in [5.41, 5.74) is 1.28. The van der Waals surface area contributed by atoms with E-state index in [0.717, 1.165) is 30.8 Å². The highest BCUT2D eigenvalue weighted by molar-refractivity contribution is 6.18. The Hall–Kier alpha value is -2.74. The monoisotopic (exact) mass is 342 g/mol. The quantitative estimate of drug-likeness (QED) is 0.828. The molecule has 1 saturated heterocycles. The average Bonchev–Trinajstić information content (AvgIpc) is 2.88. The molecule has 1 N–H and O–H groups in total. The van der Waals surface area contributed by atoms with Gasteiger partial charge in [-0.05, 0) is 54.1 Å². The number of methoxy groups -OCH3 is 1. The van der Waals surface area contributed by atoms with Crippen molar-refractivity contribution in [2.45, 2.75) is 13.3 Å². The standard InChI is InChI=1S/C17H22N6O2/c1-13-19-20-21-23(13)16(12-14-5-3-6-15(11-14)25-2)17(24)22-9-4-7-18-8-10-22/h3,5-6,11-12,18H,4,7-10H2,1-2H3. The average molecular weight is 342 g/mol. The molecule has 8 nitrogen and oxygen atoms in total. The Morgan fingerprint density at radius 3 is 2.96 bits per heavy atom. The Balaban J connectivity index is 1.99. The Bertz CT molecular complexity index is 762. The van der Waals surface area contributed by atoms with Crippen LogP contribution in [0.2, 0.25) is 0 Å². The largest absolute Gasteiger partial charge is 0.497 e. The Morgan fingerprint density at radius 1 is 1.32 bits per heavy atom.